The molecule has 0 unspecified atom stereocenters. The van der Waals surface area contributed by atoms with E-state index in [1.807, 2.05) is 0 Å². The molecule has 152 valence electrons. The van der Waals surface area contributed by atoms with Gasteiger partial charge in [0.05, 0.1) is 9.92 Å². The number of benzene rings is 1. The first kappa shape index (κ1) is 21.9. The number of hydrogen-bond acceptors (Lipinski definition) is 5. The topological polar surface area (TPSA) is 93.7 Å². The zero-order valence-electron chi connectivity index (χ0n) is 15.5. The van der Waals surface area contributed by atoms with Crippen LogP contribution in [0.3, 0.4) is 0 Å². The summed E-state index contributed by atoms with van der Waals surface area (Å²) in [6.07, 6.45) is 5.64. The zero-order chi connectivity index (χ0) is 19.7. The van der Waals surface area contributed by atoms with Gasteiger partial charge in [-0.15, -0.1) is 0 Å². The fraction of sp³-hybridized carbons (Fsp3) is 0.611. The van der Waals surface area contributed by atoms with E-state index in [4.69, 9.17) is 21.1 Å². The molecule has 0 aliphatic heterocycles. The van der Waals surface area contributed by atoms with Crippen LogP contribution >= 0.6 is 11.6 Å². The fourth-order valence-corrected chi connectivity index (χ4v) is 4.54. The Morgan fingerprint density at radius 1 is 1.26 bits per heavy atom. The van der Waals surface area contributed by atoms with Crippen LogP contribution in [0.4, 0.5) is 0 Å². The lowest BCUT2D eigenvalue weighted by Crippen LogP contribution is -2.36. The predicted molar refractivity (Wildman–Crippen MR) is 104 cm³/mol. The van der Waals surface area contributed by atoms with E-state index < -0.39 is 10.0 Å². The van der Waals surface area contributed by atoms with Crippen LogP contribution in [0.2, 0.25) is 5.02 Å². The second-order valence-electron chi connectivity index (χ2n) is 6.53. The summed E-state index contributed by atoms with van der Waals surface area (Å²) in [7, 11) is -2.03. The third kappa shape index (κ3) is 7.29. The second kappa shape index (κ2) is 10.8. The molecule has 0 radical (unpaired) electrons. The molecule has 0 atom stereocenters. The number of hydrogen-bond donors (Lipinski definition) is 2. The smallest absolute Gasteiger partial charge is 0.257 e. The van der Waals surface area contributed by atoms with E-state index in [2.05, 4.69) is 10.0 Å². The molecule has 1 aromatic rings. The quantitative estimate of drug-likeness (QED) is 0.569. The van der Waals surface area contributed by atoms with Gasteiger partial charge in [-0.3, -0.25) is 4.79 Å². The van der Waals surface area contributed by atoms with Crippen molar-refractivity contribution in [1.29, 1.82) is 0 Å². The van der Waals surface area contributed by atoms with Gasteiger partial charge in [-0.25, -0.2) is 13.1 Å². The standard InChI is InChI=1S/C18H27ClN2O5S/c1-25-11-5-10-20-18(22)13-26-17-9-8-15(12-16(17)19)27(23,24)21-14-6-3-2-4-7-14/h8-9,12,14,21H,2-7,10-11,13H2,1H3,(H,20,22). The van der Waals surface area contributed by atoms with E-state index >= 15 is 0 Å². The molecule has 0 aromatic heterocycles. The van der Waals surface area contributed by atoms with Crippen LogP contribution in [0.5, 0.6) is 5.75 Å². The minimum Gasteiger partial charge on any atom is -0.482 e. The highest BCUT2D eigenvalue weighted by atomic mass is 35.5. The van der Waals surface area contributed by atoms with Crippen LogP contribution in [0, 0.1) is 0 Å². The SMILES string of the molecule is COCCCNC(=O)COc1ccc(S(=O)(=O)NC2CCCCC2)cc1Cl. The molecule has 1 amide bonds. The Bertz CT molecular complexity index is 720. The zero-order valence-corrected chi connectivity index (χ0v) is 17.1. The third-order valence-corrected chi connectivity index (χ3v) is 6.16. The summed E-state index contributed by atoms with van der Waals surface area (Å²) in [5.74, 6) is -0.0156. The Morgan fingerprint density at radius 2 is 2.00 bits per heavy atom. The molecule has 1 aliphatic carbocycles. The van der Waals surface area contributed by atoms with E-state index in [1.165, 1.54) is 18.2 Å². The van der Waals surface area contributed by atoms with Crippen LogP contribution < -0.4 is 14.8 Å². The Hall–Kier alpha value is -1.35. The van der Waals surface area contributed by atoms with Crippen molar-refractivity contribution in [2.75, 3.05) is 26.9 Å². The van der Waals surface area contributed by atoms with Gasteiger partial charge in [0.15, 0.2) is 6.61 Å². The van der Waals surface area contributed by atoms with Gasteiger partial charge in [0.2, 0.25) is 10.0 Å². The average Bonchev–Trinajstić information content (AvgIpc) is 2.64. The second-order valence-corrected chi connectivity index (χ2v) is 8.65. The summed E-state index contributed by atoms with van der Waals surface area (Å²) >= 11 is 6.14. The van der Waals surface area contributed by atoms with Crippen molar-refractivity contribution in [1.82, 2.24) is 10.0 Å². The third-order valence-electron chi connectivity index (χ3n) is 4.35. The maximum absolute atomic E-state index is 12.5. The van der Waals surface area contributed by atoms with Gasteiger partial charge in [-0.05, 0) is 37.5 Å². The Labute approximate surface area is 165 Å². The minimum absolute atomic E-state index is 0.0275. The largest absolute Gasteiger partial charge is 0.482 e. The monoisotopic (exact) mass is 418 g/mol. The molecule has 2 N–H and O–H groups in total. The summed E-state index contributed by atoms with van der Waals surface area (Å²) in [5, 5.41) is 2.84. The van der Waals surface area contributed by atoms with Crippen molar-refractivity contribution in [2.24, 2.45) is 0 Å². The molecule has 0 saturated heterocycles. The van der Waals surface area contributed by atoms with E-state index in [0.717, 1.165) is 32.1 Å². The van der Waals surface area contributed by atoms with Crippen LogP contribution in [0.15, 0.2) is 23.1 Å². The minimum atomic E-state index is -3.63. The molecule has 1 aliphatic rings. The highest BCUT2D eigenvalue weighted by molar-refractivity contribution is 7.89. The van der Waals surface area contributed by atoms with Gasteiger partial charge in [-0.2, -0.15) is 0 Å². The number of carbonyl (C=O) groups excluding carboxylic acids is 1. The number of methoxy groups -OCH3 is 1. The number of halogens is 1. The van der Waals surface area contributed by atoms with Crippen molar-refractivity contribution in [3.05, 3.63) is 23.2 Å². The highest BCUT2D eigenvalue weighted by Gasteiger charge is 2.22. The number of carbonyl (C=O) groups is 1. The first-order chi connectivity index (χ1) is 12.9. The number of rotatable bonds is 10. The van der Waals surface area contributed by atoms with E-state index in [1.54, 1.807) is 7.11 Å². The average molecular weight is 419 g/mol. The van der Waals surface area contributed by atoms with Gasteiger partial charge in [0.25, 0.3) is 5.91 Å². The first-order valence-corrected chi connectivity index (χ1v) is 11.0. The fourth-order valence-electron chi connectivity index (χ4n) is 2.91. The number of sulfonamides is 1. The van der Waals surface area contributed by atoms with Gasteiger partial charge in [-0.1, -0.05) is 30.9 Å². The Balaban J connectivity index is 1.89. The Kier molecular flexibility index (Phi) is 8.82. The summed E-state index contributed by atoms with van der Waals surface area (Å²) in [6.45, 7) is 0.866. The molecule has 0 spiro atoms. The van der Waals surface area contributed by atoms with E-state index in [9.17, 15) is 13.2 Å². The summed E-state index contributed by atoms with van der Waals surface area (Å²) in [4.78, 5) is 11.8. The van der Waals surface area contributed by atoms with Crippen molar-refractivity contribution >= 4 is 27.5 Å². The predicted octanol–water partition coefficient (Wildman–Crippen LogP) is 2.48. The molecule has 1 fully saturated rings. The molecule has 2 rings (SSSR count). The molecule has 0 bridgehead atoms. The van der Waals surface area contributed by atoms with Gasteiger partial charge in [0.1, 0.15) is 5.75 Å². The lowest BCUT2D eigenvalue weighted by Gasteiger charge is -2.22. The highest BCUT2D eigenvalue weighted by Crippen LogP contribution is 2.28. The van der Waals surface area contributed by atoms with Crippen LogP contribution in [0.1, 0.15) is 38.5 Å². The number of amides is 1. The maximum atomic E-state index is 12.5. The normalized spacial score (nSPS) is 15.5. The lowest BCUT2D eigenvalue weighted by molar-refractivity contribution is -0.123. The molecular formula is C18H27ClN2O5S. The van der Waals surface area contributed by atoms with Crippen LogP contribution in [-0.4, -0.2) is 47.2 Å². The van der Waals surface area contributed by atoms with E-state index in [-0.39, 0.29) is 34.2 Å². The lowest BCUT2D eigenvalue weighted by atomic mass is 9.96. The number of nitrogens with one attached hydrogen (secondary N) is 2. The molecule has 27 heavy (non-hydrogen) atoms. The summed E-state index contributed by atoms with van der Waals surface area (Å²) in [5.41, 5.74) is 0. The van der Waals surface area contributed by atoms with Gasteiger partial charge < -0.3 is 14.8 Å². The van der Waals surface area contributed by atoms with Crippen LogP contribution in [-0.2, 0) is 19.6 Å². The molecule has 9 heteroatoms. The van der Waals surface area contributed by atoms with Gasteiger partial charge in [0, 0.05) is 26.3 Å². The van der Waals surface area contributed by atoms with Gasteiger partial charge >= 0.3 is 0 Å². The van der Waals surface area contributed by atoms with E-state index in [0.29, 0.717) is 19.6 Å². The molecule has 1 saturated carbocycles. The van der Waals surface area contributed by atoms with Crippen molar-refractivity contribution in [3.63, 3.8) is 0 Å². The van der Waals surface area contributed by atoms with Crippen molar-refractivity contribution in [3.8, 4) is 5.75 Å². The molecule has 7 nitrogen and oxygen atoms in total. The summed E-state index contributed by atoms with van der Waals surface area (Å²) < 4.78 is 38.1. The molecular weight excluding hydrogens is 392 g/mol. The summed E-state index contributed by atoms with van der Waals surface area (Å²) in [6, 6.07) is 4.22. The Morgan fingerprint density at radius 3 is 2.67 bits per heavy atom. The van der Waals surface area contributed by atoms with Crippen molar-refractivity contribution in [2.45, 2.75) is 49.5 Å². The molecule has 0 heterocycles. The van der Waals surface area contributed by atoms with Crippen molar-refractivity contribution < 1.29 is 22.7 Å². The molecule has 1 aromatic carbocycles. The first-order valence-electron chi connectivity index (χ1n) is 9.12. The maximum Gasteiger partial charge on any atom is 0.257 e. The van der Waals surface area contributed by atoms with Crippen LogP contribution in [0.25, 0.3) is 0 Å². The number of ether oxygens (including phenoxy) is 2.